The summed E-state index contributed by atoms with van der Waals surface area (Å²) in [5, 5.41) is 0. The van der Waals surface area contributed by atoms with Gasteiger partial charge in [0.05, 0.1) is 11.0 Å². The topological polar surface area (TPSA) is 47.1 Å². The highest BCUT2D eigenvalue weighted by Crippen LogP contribution is 2.29. The van der Waals surface area contributed by atoms with E-state index in [0.717, 1.165) is 17.5 Å². The summed E-state index contributed by atoms with van der Waals surface area (Å²) < 4.78 is 46.6. The summed E-state index contributed by atoms with van der Waals surface area (Å²) in [6.45, 7) is 2.48. The molecule has 25 heavy (non-hydrogen) atoms. The molecule has 7 heteroatoms. The first-order valence-corrected chi connectivity index (χ1v) is 7.88. The number of imidazole rings is 1. The van der Waals surface area contributed by atoms with Crippen molar-refractivity contribution in [3.63, 3.8) is 0 Å². The van der Waals surface area contributed by atoms with E-state index in [1.165, 1.54) is 12.1 Å². The molecule has 0 aliphatic rings. The molecule has 132 valence electrons. The molecular weight excluding hydrogens is 333 g/mol. The molecule has 1 aromatic heterocycles. The molecule has 0 aliphatic heterocycles. The van der Waals surface area contributed by atoms with E-state index in [-0.39, 0.29) is 5.75 Å². The smallest absolute Gasteiger partial charge is 0.406 e. The zero-order valence-electron chi connectivity index (χ0n) is 13.5. The number of rotatable bonds is 6. The largest absolute Gasteiger partial charge is 0.573 e. The van der Waals surface area contributed by atoms with Crippen LogP contribution in [-0.2, 0) is 4.74 Å². The quantitative estimate of drug-likeness (QED) is 0.682. The van der Waals surface area contributed by atoms with Gasteiger partial charge in [-0.3, -0.25) is 0 Å². The molecule has 4 nitrogen and oxygen atoms in total. The molecule has 3 aromatic rings. The first-order chi connectivity index (χ1) is 12.0. The number of nitrogens with zero attached hydrogens (tertiary/aromatic N) is 1. The number of hydrogen-bond acceptors (Lipinski definition) is 3. The summed E-state index contributed by atoms with van der Waals surface area (Å²) >= 11 is 0. The van der Waals surface area contributed by atoms with E-state index in [2.05, 4.69) is 14.7 Å². The summed E-state index contributed by atoms with van der Waals surface area (Å²) in [7, 11) is 0. The standard InChI is InChI=1S/C18H17F3N2O2/c1-2-11-24-16(17-22-14-5-3-4-6-15(14)23-17)12-7-9-13(10-8-12)25-18(19,20)21/h3-10,16H,2,11H2,1H3,(H,22,23). The Morgan fingerprint density at radius 1 is 1.08 bits per heavy atom. The molecule has 3 rings (SSSR count). The average Bonchev–Trinajstić information content (AvgIpc) is 2.99. The Kier molecular flexibility index (Phi) is 4.94. The number of aromatic amines is 1. The van der Waals surface area contributed by atoms with E-state index in [0.29, 0.717) is 18.0 Å². The molecule has 1 N–H and O–H groups in total. The van der Waals surface area contributed by atoms with Crippen LogP contribution in [0.1, 0.15) is 30.8 Å². The van der Waals surface area contributed by atoms with Crippen LogP contribution in [0.3, 0.4) is 0 Å². The van der Waals surface area contributed by atoms with Crippen LogP contribution >= 0.6 is 0 Å². The van der Waals surface area contributed by atoms with Crippen LogP contribution in [0.25, 0.3) is 11.0 Å². The molecule has 1 unspecified atom stereocenters. The number of H-pyrrole nitrogens is 1. The lowest BCUT2D eigenvalue weighted by Gasteiger charge is -2.17. The van der Waals surface area contributed by atoms with Crippen LogP contribution in [0.15, 0.2) is 48.5 Å². The second kappa shape index (κ2) is 7.14. The van der Waals surface area contributed by atoms with Crippen molar-refractivity contribution in [3.8, 4) is 5.75 Å². The Hall–Kier alpha value is -2.54. The number of alkyl halides is 3. The fourth-order valence-electron chi connectivity index (χ4n) is 2.51. The molecule has 0 saturated carbocycles. The first-order valence-electron chi connectivity index (χ1n) is 7.88. The fraction of sp³-hybridized carbons (Fsp3) is 0.278. The minimum absolute atomic E-state index is 0.268. The van der Waals surface area contributed by atoms with Gasteiger partial charge in [0, 0.05) is 6.61 Å². The zero-order chi connectivity index (χ0) is 17.9. The maximum atomic E-state index is 12.3. The van der Waals surface area contributed by atoms with Gasteiger partial charge in [-0.1, -0.05) is 31.2 Å². The SMILES string of the molecule is CCCOC(c1ccc(OC(F)(F)F)cc1)c1nc2ccccc2[nH]1. The highest BCUT2D eigenvalue weighted by Gasteiger charge is 2.31. The predicted molar refractivity (Wildman–Crippen MR) is 87.3 cm³/mol. The maximum absolute atomic E-state index is 12.3. The predicted octanol–water partition coefficient (Wildman–Crippen LogP) is 4.98. The van der Waals surface area contributed by atoms with Gasteiger partial charge in [0.2, 0.25) is 0 Å². The fourth-order valence-corrected chi connectivity index (χ4v) is 2.51. The number of nitrogens with one attached hydrogen (secondary N) is 1. The minimum Gasteiger partial charge on any atom is -0.406 e. The molecule has 0 spiro atoms. The lowest BCUT2D eigenvalue weighted by molar-refractivity contribution is -0.274. The lowest BCUT2D eigenvalue weighted by Crippen LogP contribution is -2.17. The summed E-state index contributed by atoms with van der Waals surface area (Å²) in [5.74, 6) is 0.342. The highest BCUT2D eigenvalue weighted by atomic mass is 19.4. The van der Waals surface area contributed by atoms with Gasteiger partial charge < -0.3 is 14.5 Å². The van der Waals surface area contributed by atoms with Crippen LogP contribution in [0, 0.1) is 0 Å². The van der Waals surface area contributed by atoms with Gasteiger partial charge in [-0.05, 0) is 36.2 Å². The number of hydrogen-bond donors (Lipinski definition) is 1. The summed E-state index contributed by atoms with van der Waals surface area (Å²) in [6.07, 6.45) is -4.39. The van der Waals surface area contributed by atoms with E-state index < -0.39 is 12.5 Å². The molecule has 0 amide bonds. The second-order valence-electron chi connectivity index (χ2n) is 5.51. The Balaban J connectivity index is 1.89. The number of para-hydroxylation sites is 2. The van der Waals surface area contributed by atoms with Gasteiger partial charge in [-0.15, -0.1) is 13.2 Å². The summed E-state index contributed by atoms with van der Waals surface area (Å²) in [4.78, 5) is 7.74. The molecule has 1 atom stereocenters. The average molecular weight is 350 g/mol. The molecular formula is C18H17F3N2O2. The third-order valence-corrected chi connectivity index (χ3v) is 3.56. The van der Waals surface area contributed by atoms with E-state index in [9.17, 15) is 13.2 Å². The third-order valence-electron chi connectivity index (χ3n) is 3.56. The van der Waals surface area contributed by atoms with Crippen molar-refractivity contribution in [1.82, 2.24) is 9.97 Å². The summed E-state index contributed by atoms with van der Waals surface area (Å²) in [5.41, 5.74) is 2.38. The van der Waals surface area contributed by atoms with Crippen molar-refractivity contribution in [2.24, 2.45) is 0 Å². The van der Waals surface area contributed by atoms with Crippen molar-refractivity contribution in [3.05, 3.63) is 59.9 Å². The van der Waals surface area contributed by atoms with E-state index in [4.69, 9.17) is 4.74 Å². The molecule has 0 bridgehead atoms. The van der Waals surface area contributed by atoms with Crippen molar-refractivity contribution >= 4 is 11.0 Å². The van der Waals surface area contributed by atoms with Crippen molar-refractivity contribution in [1.29, 1.82) is 0 Å². The van der Waals surface area contributed by atoms with E-state index in [1.54, 1.807) is 12.1 Å². The van der Waals surface area contributed by atoms with Crippen molar-refractivity contribution < 1.29 is 22.6 Å². The second-order valence-corrected chi connectivity index (χ2v) is 5.51. The van der Waals surface area contributed by atoms with Crippen LogP contribution in [-0.4, -0.2) is 22.9 Å². The number of halogens is 3. The molecule has 0 radical (unpaired) electrons. The molecule has 2 aromatic carbocycles. The number of benzene rings is 2. The summed E-state index contributed by atoms with van der Waals surface area (Å²) in [6, 6.07) is 13.2. The van der Waals surface area contributed by atoms with Gasteiger partial charge in [-0.2, -0.15) is 0 Å². The van der Waals surface area contributed by atoms with E-state index >= 15 is 0 Å². The normalized spacial score (nSPS) is 13.1. The first kappa shape index (κ1) is 17.3. The lowest BCUT2D eigenvalue weighted by atomic mass is 10.1. The Labute approximate surface area is 142 Å². The Morgan fingerprint density at radius 2 is 1.80 bits per heavy atom. The van der Waals surface area contributed by atoms with Crippen LogP contribution in [0.2, 0.25) is 0 Å². The van der Waals surface area contributed by atoms with Crippen LogP contribution in [0.4, 0.5) is 13.2 Å². The van der Waals surface area contributed by atoms with Gasteiger partial charge in [0.25, 0.3) is 0 Å². The third kappa shape index (κ3) is 4.30. The van der Waals surface area contributed by atoms with E-state index in [1.807, 2.05) is 31.2 Å². The van der Waals surface area contributed by atoms with Gasteiger partial charge in [0.1, 0.15) is 17.7 Å². The van der Waals surface area contributed by atoms with Crippen molar-refractivity contribution in [2.75, 3.05) is 6.61 Å². The Morgan fingerprint density at radius 3 is 2.44 bits per heavy atom. The van der Waals surface area contributed by atoms with Crippen LogP contribution in [0.5, 0.6) is 5.75 Å². The minimum atomic E-state index is -4.71. The monoisotopic (exact) mass is 350 g/mol. The molecule has 1 heterocycles. The van der Waals surface area contributed by atoms with Crippen LogP contribution < -0.4 is 4.74 Å². The Bertz CT molecular complexity index is 795. The van der Waals surface area contributed by atoms with Gasteiger partial charge >= 0.3 is 6.36 Å². The molecule has 0 aliphatic carbocycles. The molecule has 0 saturated heterocycles. The van der Waals surface area contributed by atoms with Gasteiger partial charge in [-0.25, -0.2) is 4.98 Å². The molecule has 0 fully saturated rings. The van der Waals surface area contributed by atoms with Crippen molar-refractivity contribution in [2.45, 2.75) is 25.8 Å². The van der Waals surface area contributed by atoms with Gasteiger partial charge in [0.15, 0.2) is 0 Å². The number of aromatic nitrogens is 2. The number of ether oxygens (including phenoxy) is 2. The maximum Gasteiger partial charge on any atom is 0.573 e. The highest BCUT2D eigenvalue weighted by molar-refractivity contribution is 5.74. The number of fused-ring (bicyclic) bond motifs is 1. The zero-order valence-corrected chi connectivity index (χ0v) is 13.5.